The molecule has 0 radical (unpaired) electrons. The maximum Gasteiger partial charge on any atom is 0.254 e. The highest BCUT2D eigenvalue weighted by molar-refractivity contribution is 9.11. The van der Waals surface area contributed by atoms with Gasteiger partial charge < -0.3 is 10.6 Å². The van der Waals surface area contributed by atoms with Gasteiger partial charge in [-0.15, -0.1) is 22.7 Å². The van der Waals surface area contributed by atoms with Crippen molar-refractivity contribution >= 4 is 55.4 Å². The Morgan fingerprint density at radius 1 is 1.23 bits per heavy atom. The molecular weight excluding hydrogens is 434 g/mol. The molecule has 2 aliphatic rings. The fraction of sp³-hybridized carbons (Fsp3) is 0.500. The highest BCUT2D eigenvalue weighted by atomic mass is 79.9. The Morgan fingerprint density at radius 2 is 2.04 bits per heavy atom. The molecule has 0 bridgehead atoms. The lowest BCUT2D eigenvalue weighted by Crippen LogP contribution is -2.25. The SMILES string of the molecule is O=C(CC1CC1)Nc1sc2c(c1C(=O)NCc1cnc(Br)s1)CCCC2. The van der Waals surface area contributed by atoms with Gasteiger partial charge in [0.05, 0.1) is 12.1 Å². The third kappa shape index (κ3) is 4.18. The third-order valence-electron chi connectivity index (χ3n) is 4.77. The first-order valence-corrected chi connectivity index (χ1v) is 11.4. The number of carbonyl (C=O) groups excluding carboxylic acids is 2. The predicted octanol–water partition coefficient (Wildman–Crippen LogP) is 4.51. The zero-order chi connectivity index (χ0) is 18.1. The zero-order valence-corrected chi connectivity index (χ0v) is 17.5. The number of hydrogen-bond acceptors (Lipinski definition) is 5. The molecule has 0 unspecified atom stereocenters. The van der Waals surface area contributed by atoms with Crippen LogP contribution in [0.15, 0.2) is 10.1 Å². The number of thiazole rings is 1. The summed E-state index contributed by atoms with van der Waals surface area (Å²) in [7, 11) is 0. The summed E-state index contributed by atoms with van der Waals surface area (Å²) in [5.74, 6) is 0.466. The Kier molecular flexibility index (Phi) is 5.42. The number of halogens is 1. The summed E-state index contributed by atoms with van der Waals surface area (Å²) >= 11 is 6.43. The van der Waals surface area contributed by atoms with Crippen molar-refractivity contribution < 1.29 is 9.59 Å². The van der Waals surface area contributed by atoms with Crippen LogP contribution in [0.4, 0.5) is 5.00 Å². The first kappa shape index (κ1) is 18.1. The van der Waals surface area contributed by atoms with Gasteiger partial charge in [-0.1, -0.05) is 0 Å². The van der Waals surface area contributed by atoms with Crippen LogP contribution in [-0.4, -0.2) is 16.8 Å². The minimum Gasteiger partial charge on any atom is -0.347 e. The number of aromatic nitrogens is 1. The van der Waals surface area contributed by atoms with E-state index in [1.165, 1.54) is 16.2 Å². The van der Waals surface area contributed by atoms with Crippen molar-refractivity contribution in [2.75, 3.05) is 5.32 Å². The van der Waals surface area contributed by atoms with Gasteiger partial charge in [0.2, 0.25) is 5.91 Å². The average molecular weight is 454 g/mol. The zero-order valence-electron chi connectivity index (χ0n) is 14.3. The van der Waals surface area contributed by atoms with Gasteiger partial charge in [-0.05, 0) is 65.9 Å². The van der Waals surface area contributed by atoms with Crippen LogP contribution in [0.5, 0.6) is 0 Å². The standard InChI is InChI=1S/C18H20BrN3O2S2/c19-18-21-9-11(25-18)8-20-16(24)15-12-3-1-2-4-13(12)26-17(15)22-14(23)7-10-5-6-10/h9-10H,1-8H2,(H,20,24)(H,22,23). The molecule has 2 heterocycles. The molecule has 1 fully saturated rings. The van der Waals surface area contributed by atoms with E-state index < -0.39 is 0 Å². The van der Waals surface area contributed by atoms with Crippen molar-refractivity contribution in [3.05, 3.63) is 31.0 Å². The molecule has 2 aromatic rings. The summed E-state index contributed by atoms with van der Waals surface area (Å²) in [4.78, 5) is 31.6. The lowest BCUT2D eigenvalue weighted by atomic mass is 9.95. The molecule has 0 atom stereocenters. The number of rotatable bonds is 6. The molecule has 0 spiro atoms. The van der Waals surface area contributed by atoms with Crippen LogP contribution in [-0.2, 0) is 24.2 Å². The second-order valence-electron chi connectivity index (χ2n) is 6.87. The van der Waals surface area contributed by atoms with Crippen LogP contribution >= 0.6 is 38.6 Å². The lowest BCUT2D eigenvalue weighted by Gasteiger charge is -2.13. The Balaban J connectivity index is 1.52. The first-order valence-electron chi connectivity index (χ1n) is 8.93. The Morgan fingerprint density at radius 3 is 2.77 bits per heavy atom. The van der Waals surface area contributed by atoms with E-state index in [0.717, 1.165) is 57.9 Å². The molecule has 0 saturated heterocycles. The molecule has 26 heavy (non-hydrogen) atoms. The van der Waals surface area contributed by atoms with E-state index in [0.29, 0.717) is 24.4 Å². The second-order valence-corrected chi connectivity index (χ2v) is 10.4. The van der Waals surface area contributed by atoms with E-state index in [4.69, 9.17) is 0 Å². The first-order chi connectivity index (χ1) is 12.6. The van der Waals surface area contributed by atoms with Gasteiger partial charge >= 0.3 is 0 Å². The fourth-order valence-corrected chi connectivity index (χ4v) is 5.88. The molecule has 2 aromatic heterocycles. The van der Waals surface area contributed by atoms with Gasteiger partial charge in [-0.3, -0.25) is 9.59 Å². The summed E-state index contributed by atoms with van der Waals surface area (Å²) in [5, 5.41) is 6.75. The number of amides is 2. The highest BCUT2D eigenvalue weighted by Gasteiger charge is 2.28. The molecule has 2 N–H and O–H groups in total. The molecule has 5 nitrogen and oxygen atoms in total. The summed E-state index contributed by atoms with van der Waals surface area (Å²) < 4.78 is 0.808. The molecule has 0 aromatic carbocycles. The van der Waals surface area contributed by atoms with E-state index >= 15 is 0 Å². The Hall–Kier alpha value is -1.25. The van der Waals surface area contributed by atoms with Crippen molar-refractivity contribution in [3.8, 4) is 0 Å². The second kappa shape index (κ2) is 7.78. The molecule has 8 heteroatoms. The third-order valence-corrected chi connectivity index (χ3v) is 7.45. The van der Waals surface area contributed by atoms with Gasteiger partial charge in [0, 0.05) is 22.4 Å². The van der Waals surface area contributed by atoms with Gasteiger partial charge in [-0.25, -0.2) is 4.98 Å². The molecular formula is C18H20BrN3O2S2. The summed E-state index contributed by atoms with van der Waals surface area (Å²) in [6.07, 6.45) is 8.78. The van der Waals surface area contributed by atoms with Gasteiger partial charge in [-0.2, -0.15) is 0 Å². The number of carbonyl (C=O) groups is 2. The maximum atomic E-state index is 12.9. The molecule has 138 valence electrons. The van der Waals surface area contributed by atoms with Crippen molar-refractivity contribution in [1.82, 2.24) is 10.3 Å². The van der Waals surface area contributed by atoms with Crippen molar-refractivity contribution in [2.24, 2.45) is 5.92 Å². The fourth-order valence-electron chi connectivity index (χ4n) is 3.28. The van der Waals surface area contributed by atoms with Crippen LogP contribution in [0, 0.1) is 5.92 Å². The molecule has 1 saturated carbocycles. The molecule has 4 rings (SSSR count). The monoisotopic (exact) mass is 453 g/mol. The Labute approximate surface area is 168 Å². The van der Waals surface area contributed by atoms with E-state index in [9.17, 15) is 9.59 Å². The van der Waals surface area contributed by atoms with Crippen molar-refractivity contribution in [1.29, 1.82) is 0 Å². The van der Waals surface area contributed by atoms with Gasteiger partial charge in [0.25, 0.3) is 5.91 Å². The van der Waals surface area contributed by atoms with Crippen molar-refractivity contribution in [2.45, 2.75) is 51.5 Å². The van der Waals surface area contributed by atoms with Crippen LogP contribution in [0.3, 0.4) is 0 Å². The van der Waals surface area contributed by atoms with Crippen LogP contribution in [0.1, 0.15) is 57.8 Å². The highest BCUT2D eigenvalue weighted by Crippen LogP contribution is 2.39. The van der Waals surface area contributed by atoms with Crippen LogP contribution < -0.4 is 10.6 Å². The normalized spacial score (nSPS) is 16.2. The van der Waals surface area contributed by atoms with Gasteiger partial charge in [0.15, 0.2) is 3.92 Å². The van der Waals surface area contributed by atoms with E-state index in [-0.39, 0.29) is 11.8 Å². The number of aryl methyl sites for hydroxylation is 1. The average Bonchev–Trinajstić information content (AvgIpc) is 3.20. The maximum absolute atomic E-state index is 12.9. The number of nitrogens with one attached hydrogen (secondary N) is 2. The largest absolute Gasteiger partial charge is 0.347 e. The molecule has 2 amide bonds. The summed E-state index contributed by atoms with van der Waals surface area (Å²) in [6.45, 7) is 0.447. The topological polar surface area (TPSA) is 71.1 Å². The number of thiophene rings is 1. The van der Waals surface area contributed by atoms with Gasteiger partial charge in [0.1, 0.15) is 5.00 Å². The van der Waals surface area contributed by atoms with E-state index in [2.05, 4.69) is 31.5 Å². The minimum atomic E-state index is -0.101. The quantitative estimate of drug-likeness (QED) is 0.675. The number of anilines is 1. The van der Waals surface area contributed by atoms with Crippen molar-refractivity contribution in [3.63, 3.8) is 0 Å². The smallest absolute Gasteiger partial charge is 0.254 e. The van der Waals surface area contributed by atoms with E-state index in [1.807, 2.05) is 0 Å². The minimum absolute atomic E-state index is 0.0338. The Bertz CT molecular complexity index is 842. The predicted molar refractivity (Wildman–Crippen MR) is 108 cm³/mol. The number of hydrogen-bond donors (Lipinski definition) is 2. The lowest BCUT2D eigenvalue weighted by molar-refractivity contribution is -0.116. The molecule has 2 aliphatic carbocycles. The van der Waals surface area contributed by atoms with Crippen LogP contribution in [0.2, 0.25) is 0 Å². The van der Waals surface area contributed by atoms with Crippen LogP contribution in [0.25, 0.3) is 0 Å². The number of fused-ring (bicyclic) bond motifs is 1. The summed E-state index contributed by atoms with van der Waals surface area (Å²) in [6, 6.07) is 0. The summed E-state index contributed by atoms with van der Waals surface area (Å²) in [5.41, 5.74) is 1.81. The number of nitrogens with zero attached hydrogens (tertiary/aromatic N) is 1. The van der Waals surface area contributed by atoms with E-state index in [1.54, 1.807) is 17.5 Å². The molecule has 0 aliphatic heterocycles.